The number of ketones is 1. The topological polar surface area (TPSA) is 71.4 Å². The number of hydrogen-bond donors (Lipinski definition) is 1. The van der Waals surface area contributed by atoms with Crippen LogP contribution in [0.2, 0.25) is 0 Å². The molecule has 3 aromatic rings. The Balaban J connectivity index is 2.04. The van der Waals surface area contributed by atoms with E-state index in [1.807, 2.05) is 37.3 Å². The normalized spacial score (nSPS) is 15.1. The van der Waals surface area contributed by atoms with E-state index in [4.69, 9.17) is 0 Å². The molecule has 0 bridgehead atoms. The first-order chi connectivity index (χ1) is 14.5. The number of allylic oxidation sites excluding steroid dienone is 5. The van der Waals surface area contributed by atoms with Gasteiger partial charge in [0, 0.05) is 0 Å². The maximum Gasteiger partial charge on any atom is 0.336 e. The lowest BCUT2D eigenvalue weighted by atomic mass is 9.86. The molecular weight excluding hydrogens is 376 g/mol. The van der Waals surface area contributed by atoms with E-state index in [0.29, 0.717) is 23.0 Å². The lowest BCUT2D eigenvalue weighted by Crippen LogP contribution is -2.08. The van der Waals surface area contributed by atoms with Gasteiger partial charge < -0.3 is 5.11 Å². The van der Waals surface area contributed by atoms with Gasteiger partial charge in [0.15, 0.2) is 12.1 Å². The molecule has 0 spiro atoms. The Morgan fingerprint density at radius 1 is 0.900 bits per heavy atom. The molecule has 1 aliphatic carbocycles. The third kappa shape index (κ3) is 3.51. The number of carboxylic acid groups (broad SMARTS) is 1. The molecule has 4 nitrogen and oxygen atoms in total. The van der Waals surface area contributed by atoms with Gasteiger partial charge in [-0.15, -0.1) is 0 Å². The molecule has 1 aliphatic rings. The summed E-state index contributed by atoms with van der Waals surface area (Å²) in [5, 5.41) is 11.8. The number of hydrogen-bond acceptors (Lipinski definition) is 3. The summed E-state index contributed by atoms with van der Waals surface area (Å²) in [5.41, 5.74) is 3.92. The van der Waals surface area contributed by atoms with E-state index in [0.717, 1.165) is 21.9 Å². The molecule has 30 heavy (non-hydrogen) atoms. The quantitative estimate of drug-likeness (QED) is 0.504. The Labute approximate surface area is 173 Å². The first kappa shape index (κ1) is 19.3. The molecule has 0 saturated heterocycles. The lowest BCUT2D eigenvalue weighted by Gasteiger charge is -2.17. The third-order valence-electron chi connectivity index (χ3n) is 5.14. The summed E-state index contributed by atoms with van der Waals surface area (Å²) in [6.07, 6.45) is 5.01. The van der Waals surface area contributed by atoms with Crippen molar-refractivity contribution in [3.05, 3.63) is 112 Å². The Morgan fingerprint density at radius 2 is 1.60 bits per heavy atom. The summed E-state index contributed by atoms with van der Waals surface area (Å²) < 4.78 is 0. The summed E-state index contributed by atoms with van der Waals surface area (Å²) in [6.45, 7) is 2.03. The molecule has 1 N–H and O–H groups in total. The van der Waals surface area contributed by atoms with E-state index in [-0.39, 0.29) is 16.9 Å². The van der Waals surface area contributed by atoms with Crippen LogP contribution in [0, 0.1) is 6.92 Å². The van der Waals surface area contributed by atoms with Crippen molar-refractivity contribution in [3.63, 3.8) is 0 Å². The number of carboxylic acids is 1. The molecule has 0 radical (unpaired) electrons. The highest BCUT2D eigenvalue weighted by molar-refractivity contribution is 6.19. The van der Waals surface area contributed by atoms with Crippen LogP contribution in [0.25, 0.3) is 16.3 Å². The zero-order valence-corrected chi connectivity index (χ0v) is 16.3. The van der Waals surface area contributed by atoms with Crippen molar-refractivity contribution in [2.45, 2.75) is 6.92 Å². The summed E-state index contributed by atoms with van der Waals surface area (Å²) in [4.78, 5) is 35.2. The second kappa shape index (κ2) is 7.76. The molecule has 0 amide bonds. The van der Waals surface area contributed by atoms with E-state index in [1.54, 1.807) is 30.3 Å². The minimum atomic E-state index is -1.05. The SMILES string of the molecule is Cc1ccc2cc(C(=C3C=CC(=O)C(C=O)=C3)c3ccccc3C(=O)O)ccc2c1. The number of aldehydes is 1. The maximum atomic E-state index is 11.9. The van der Waals surface area contributed by atoms with Crippen LogP contribution in [0.4, 0.5) is 0 Å². The average molecular weight is 394 g/mol. The van der Waals surface area contributed by atoms with Gasteiger partial charge in [0.05, 0.1) is 11.1 Å². The van der Waals surface area contributed by atoms with Crippen molar-refractivity contribution in [1.29, 1.82) is 0 Å². The van der Waals surface area contributed by atoms with Crippen molar-refractivity contribution in [2.75, 3.05) is 0 Å². The highest BCUT2D eigenvalue weighted by Gasteiger charge is 2.20. The first-order valence-corrected chi connectivity index (χ1v) is 9.45. The Hall–Kier alpha value is -4.05. The molecule has 0 aromatic heterocycles. The van der Waals surface area contributed by atoms with Gasteiger partial charge in [-0.3, -0.25) is 9.59 Å². The highest BCUT2D eigenvalue weighted by Crippen LogP contribution is 2.34. The van der Waals surface area contributed by atoms with Gasteiger partial charge in [-0.2, -0.15) is 0 Å². The molecule has 4 heteroatoms. The maximum absolute atomic E-state index is 11.9. The number of aromatic carboxylic acids is 1. The number of benzene rings is 3. The van der Waals surface area contributed by atoms with Gasteiger partial charge >= 0.3 is 5.97 Å². The number of rotatable bonds is 4. The van der Waals surface area contributed by atoms with Crippen LogP contribution < -0.4 is 0 Å². The summed E-state index contributed by atoms with van der Waals surface area (Å²) in [7, 11) is 0. The van der Waals surface area contributed by atoms with E-state index in [2.05, 4.69) is 6.07 Å². The molecule has 0 fully saturated rings. The van der Waals surface area contributed by atoms with E-state index in [9.17, 15) is 19.5 Å². The molecule has 0 aliphatic heterocycles. The predicted octanol–water partition coefficient (Wildman–Crippen LogP) is 4.91. The van der Waals surface area contributed by atoms with Crippen LogP contribution in [0.15, 0.2) is 90.0 Å². The van der Waals surface area contributed by atoms with Crippen LogP contribution >= 0.6 is 0 Å². The number of aryl methyl sites for hydroxylation is 1. The molecule has 0 heterocycles. The van der Waals surface area contributed by atoms with Crippen molar-refractivity contribution < 1.29 is 19.5 Å². The molecule has 0 atom stereocenters. The van der Waals surface area contributed by atoms with E-state index >= 15 is 0 Å². The van der Waals surface area contributed by atoms with Crippen molar-refractivity contribution >= 4 is 34.4 Å². The molecule has 0 saturated carbocycles. The highest BCUT2D eigenvalue weighted by atomic mass is 16.4. The van der Waals surface area contributed by atoms with Gasteiger partial charge in [-0.05, 0) is 64.3 Å². The monoisotopic (exact) mass is 394 g/mol. The minimum Gasteiger partial charge on any atom is -0.478 e. The number of carbonyl (C=O) groups excluding carboxylic acids is 2. The molecule has 146 valence electrons. The minimum absolute atomic E-state index is 0.0363. The first-order valence-electron chi connectivity index (χ1n) is 9.45. The van der Waals surface area contributed by atoms with Crippen LogP contribution in [0.1, 0.15) is 27.0 Å². The molecule has 4 rings (SSSR count). The number of carbonyl (C=O) groups is 3. The largest absolute Gasteiger partial charge is 0.478 e. The van der Waals surface area contributed by atoms with Crippen molar-refractivity contribution in [1.82, 2.24) is 0 Å². The van der Waals surface area contributed by atoms with Gasteiger partial charge in [-0.25, -0.2) is 4.79 Å². The van der Waals surface area contributed by atoms with Crippen molar-refractivity contribution in [2.24, 2.45) is 0 Å². The second-order valence-corrected chi connectivity index (χ2v) is 7.16. The molecule has 3 aromatic carbocycles. The second-order valence-electron chi connectivity index (χ2n) is 7.16. The lowest BCUT2D eigenvalue weighted by molar-refractivity contribution is -0.114. The van der Waals surface area contributed by atoms with E-state index < -0.39 is 5.97 Å². The zero-order chi connectivity index (χ0) is 21.3. The molecule has 0 unspecified atom stereocenters. The predicted molar refractivity (Wildman–Crippen MR) is 116 cm³/mol. The fraction of sp³-hybridized carbons (Fsp3) is 0.0385. The zero-order valence-electron chi connectivity index (χ0n) is 16.3. The standard InChI is InChI=1S/C26H18O4/c1-16-6-7-18-13-19(9-8-17(18)12-16)25(20-10-11-24(28)21(14-20)15-27)22-4-2-3-5-23(22)26(29)30/h2-15H,1H3,(H,29,30). The average Bonchev–Trinajstić information content (AvgIpc) is 2.75. The summed E-state index contributed by atoms with van der Waals surface area (Å²) in [6, 6.07) is 18.8. The van der Waals surface area contributed by atoms with Gasteiger partial charge in [0.2, 0.25) is 0 Å². The van der Waals surface area contributed by atoms with Gasteiger partial charge in [0.25, 0.3) is 0 Å². The van der Waals surface area contributed by atoms with Crippen molar-refractivity contribution in [3.8, 4) is 0 Å². The Kier molecular flexibility index (Phi) is 4.98. The Bertz CT molecular complexity index is 1310. The Morgan fingerprint density at radius 3 is 2.33 bits per heavy atom. The summed E-state index contributed by atoms with van der Waals surface area (Å²) >= 11 is 0. The fourth-order valence-electron chi connectivity index (χ4n) is 3.68. The van der Waals surface area contributed by atoms with Crippen LogP contribution in [-0.4, -0.2) is 23.1 Å². The number of fused-ring (bicyclic) bond motifs is 1. The van der Waals surface area contributed by atoms with Crippen LogP contribution in [0.3, 0.4) is 0 Å². The van der Waals surface area contributed by atoms with Gasteiger partial charge in [-0.1, -0.05) is 60.2 Å². The third-order valence-corrected chi connectivity index (χ3v) is 5.14. The van der Waals surface area contributed by atoms with Crippen LogP contribution in [-0.2, 0) is 9.59 Å². The molecular formula is C26H18O4. The summed E-state index contributed by atoms with van der Waals surface area (Å²) in [5.74, 6) is -1.41. The van der Waals surface area contributed by atoms with Gasteiger partial charge in [0.1, 0.15) is 0 Å². The smallest absolute Gasteiger partial charge is 0.336 e. The van der Waals surface area contributed by atoms with E-state index in [1.165, 1.54) is 12.2 Å². The van der Waals surface area contributed by atoms with Crippen LogP contribution in [0.5, 0.6) is 0 Å². The fourth-order valence-corrected chi connectivity index (χ4v) is 3.68.